The van der Waals surface area contributed by atoms with E-state index in [1.165, 1.54) is 0 Å². The van der Waals surface area contributed by atoms with E-state index >= 15 is 0 Å². The van der Waals surface area contributed by atoms with Crippen molar-refractivity contribution >= 4 is 6.03 Å². The van der Waals surface area contributed by atoms with Crippen LogP contribution in [-0.2, 0) is 19.5 Å². The first-order chi connectivity index (χ1) is 11.6. The lowest BCUT2D eigenvalue weighted by Gasteiger charge is -2.18. The van der Waals surface area contributed by atoms with Crippen LogP contribution in [0.5, 0.6) is 0 Å². The van der Waals surface area contributed by atoms with Crippen LogP contribution in [0, 0.1) is 13.8 Å². The summed E-state index contributed by atoms with van der Waals surface area (Å²) in [5, 5.41) is 15.9. The Morgan fingerprint density at radius 3 is 3.00 bits per heavy atom. The zero-order valence-corrected chi connectivity index (χ0v) is 14.2. The highest BCUT2D eigenvalue weighted by atomic mass is 16.2. The van der Waals surface area contributed by atoms with Crippen LogP contribution in [0.1, 0.15) is 41.9 Å². The van der Waals surface area contributed by atoms with Crippen LogP contribution in [-0.4, -0.2) is 48.6 Å². The Kier molecular flexibility index (Phi) is 3.74. The molecule has 0 unspecified atom stereocenters. The number of hydrogen-bond donors (Lipinski definition) is 1. The van der Waals surface area contributed by atoms with Gasteiger partial charge in [0, 0.05) is 31.7 Å². The highest BCUT2D eigenvalue weighted by Crippen LogP contribution is 2.23. The molecule has 4 heterocycles. The molecule has 0 spiro atoms. The molecule has 0 radical (unpaired) electrons. The van der Waals surface area contributed by atoms with Crippen LogP contribution in [0.4, 0.5) is 4.79 Å². The molecule has 8 heteroatoms. The van der Waals surface area contributed by atoms with Crippen LogP contribution < -0.4 is 5.32 Å². The molecule has 4 rings (SSSR count). The molecule has 1 atom stereocenters. The molecular formula is C16H23N7O. The van der Waals surface area contributed by atoms with Gasteiger partial charge >= 0.3 is 6.03 Å². The average molecular weight is 329 g/mol. The fourth-order valence-corrected chi connectivity index (χ4v) is 3.75. The van der Waals surface area contributed by atoms with Crippen LogP contribution in [0.3, 0.4) is 0 Å². The highest BCUT2D eigenvalue weighted by molar-refractivity contribution is 5.74. The number of carbonyl (C=O) groups excluding carboxylic acids is 1. The third-order valence-corrected chi connectivity index (χ3v) is 4.92. The van der Waals surface area contributed by atoms with Crippen molar-refractivity contribution in [2.45, 2.75) is 52.2 Å². The molecule has 128 valence electrons. The van der Waals surface area contributed by atoms with Gasteiger partial charge in [0.1, 0.15) is 5.82 Å². The van der Waals surface area contributed by atoms with Gasteiger partial charge in [0.05, 0.1) is 18.3 Å². The van der Waals surface area contributed by atoms with E-state index in [1.807, 2.05) is 16.5 Å². The minimum atomic E-state index is -0.0330. The van der Waals surface area contributed by atoms with Gasteiger partial charge in [0.15, 0.2) is 5.82 Å². The summed E-state index contributed by atoms with van der Waals surface area (Å²) in [6, 6.07) is 2.31. The first-order valence-corrected chi connectivity index (χ1v) is 8.58. The van der Waals surface area contributed by atoms with Gasteiger partial charge in [-0.15, -0.1) is 10.2 Å². The van der Waals surface area contributed by atoms with Crippen LogP contribution in [0.15, 0.2) is 6.07 Å². The Hall–Kier alpha value is -2.38. The number of aryl methyl sites for hydroxylation is 3. The van der Waals surface area contributed by atoms with Gasteiger partial charge in [-0.05, 0) is 32.8 Å². The Bertz CT molecular complexity index is 763. The molecule has 0 bridgehead atoms. The van der Waals surface area contributed by atoms with E-state index in [-0.39, 0.29) is 12.1 Å². The van der Waals surface area contributed by atoms with Crippen molar-refractivity contribution in [3.05, 3.63) is 29.1 Å². The number of urea groups is 1. The lowest BCUT2D eigenvalue weighted by atomic mass is 10.2. The van der Waals surface area contributed by atoms with Gasteiger partial charge in [-0.2, -0.15) is 5.10 Å². The van der Waals surface area contributed by atoms with Crippen LogP contribution >= 0.6 is 0 Å². The summed E-state index contributed by atoms with van der Waals surface area (Å²) in [5.74, 6) is 1.88. The van der Waals surface area contributed by atoms with Gasteiger partial charge in [-0.1, -0.05) is 0 Å². The summed E-state index contributed by atoms with van der Waals surface area (Å²) in [4.78, 5) is 14.3. The maximum Gasteiger partial charge on any atom is 0.317 e. The topological polar surface area (TPSA) is 80.9 Å². The molecule has 2 aromatic heterocycles. The minimum absolute atomic E-state index is 0.0330. The predicted molar refractivity (Wildman–Crippen MR) is 87.5 cm³/mol. The summed E-state index contributed by atoms with van der Waals surface area (Å²) < 4.78 is 4.16. The number of hydrogen-bond acceptors (Lipinski definition) is 4. The van der Waals surface area contributed by atoms with Crippen molar-refractivity contribution in [2.24, 2.45) is 0 Å². The van der Waals surface area contributed by atoms with E-state index in [9.17, 15) is 4.79 Å². The smallest absolute Gasteiger partial charge is 0.317 e. The van der Waals surface area contributed by atoms with Crippen molar-refractivity contribution in [3.63, 3.8) is 0 Å². The van der Waals surface area contributed by atoms with Crippen LogP contribution in [0.25, 0.3) is 0 Å². The quantitative estimate of drug-likeness (QED) is 0.917. The highest BCUT2D eigenvalue weighted by Gasteiger charge is 2.29. The van der Waals surface area contributed by atoms with Crippen molar-refractivity contribution < 1.29 is 4.79 Å². The van der Waals surface area contributed by atoms with Gasteiger partial charge in [0.2, 0.25) is 0 Å². The zero-order chi connectivity index (χ0) is 16.7. The second-order valence-corrected chi connectivity index (χ2v) is 6.71. The van der Waals surface area contributed by atoms with E-state index in [2.05, 4.69) is 38.2 Å². The molecular weight excluding hydrogens is 306 g/mol. The van der Waals surface area contributed by atoms with E-state index in [1.54, 1.807) is 0 Å². The molecule has 2 aliphatic heterocycles. The number of nitrogens with one attached hydrogen (secondary N) is 1. The fourth-order valence-electron chi connectivity index (χ4n) is 3.75. The molecule has 0 aliphatic carbocycles. The second-order valence-electron chi connectivity index (χ2n) is 6.71. The molecule has 2 aliphatic rings. The third kappa shape index (κ3) is 2.65. The maximum atomic E-state index is 12.4. The van der Waals surface area contributed by atoms with Crippen molar-refractivity contribution in [1.29, 1.82) is 0 Å². The number of amides is 2. The Morgan fingerprint density at radius 1 is 1.33 bits per heavy atom. The van der Waals surface area contributed by atoms with Crippen LogP contribution in [0.2, 0.25) is 0 Å². The lowest BCUT2D eigenvalue weighted by Crippen LogP contribution is -2.38. The minimum Gasteiger partial charge on any atom is -0.331 e. The first kappa shape index (κ1) is 15.2. The first-order valence-electron chi connectivity index (χ1n) is 8.58. The number of aromatic nitrogens is 5. The molecule has 0 aromatic carbocycles. The average Bonchev–Trinajstić information content (AvgIpc) is 3.28. The summed E-state index contributed by atoms with van der Waals surface area (Å²) in [6.45, 7) is 6.91. The van der Waals surface area contributed by atoms with Gasteiger partial charge in [-0.3, -0.25) is 4.68 Å². The fraction of sp³-hybridized carbons (Fsp3) is 0.625. The number of likely N-dealkylation sites (tertiary alicyclic amines) is 1. The van der Waals surface area contributed by atoms with Crippen molar-refractivity contribution in [3.8, 4) is 0 Å². The van der Waals surface area contributed by atoms with E-state index in [0.717, 1.165) is 55.4 Å². The molecule has 1 fully saturated rings. The Labute approximate surface area is 140 Å². The normalized spacial score (nSPS) is 19.8. The Balaban J connectivity index is 1.35. The van der Waals surface area contributed by atoms with E-state index in [0.29, 0.717) is 13.1 Å². The third-order valence-electron chi connectivity index (χ3n) is 4.92. The summed E-state index contributed by atoms with van der Waals surface area (Å²) in [6.07, 6.45) is 3.04. The number of carbonyl (C=O) groups is 1. The predicted octanol–water partition coefficient (Wildman–Crippen LogP) is 1.19. The molecule has 2 amide bonds. The van der Waals surface area contributed by atoms with Gasteiger partial charge < -0.3 is 14.8 Å². The SMILES string of the molecule is Cc1cc(C)n([C@H]2CCN(C(=O)NCc3nnc4n3CCC4)C2)n1. The van der Waals surface area contributed by atoms with Gasteiger partial charge in [0.25, 0.3) is 0 Å². The largest absolute Gasteiger partial charge is 0.331 e. The van der Waals surface area contributed by atoms with E-state index in [4.69, 9.17) is 0 Å². The molecule has 1 N–H and O–H groups in total. The van der Waals surface area contributed by atoms with E-state index < -0.39 is 0 Å². The Morgan fingerprint density at radius 2 is 2.21 bits per heavy atom. The molecule has 1 saturated heterocycles. The van der Waals surface area contributed by atoms with Crippen molar-refractivity contribution in [1.82, 2.24) is 34.8 Å². The number of fused-ring (bicyclic) bond motifs is 1. The monoisotopic (exact) mass is 329 g/mol. The summed E-state index contributed by atoms with van der Waals surface area (Å²) in [7, 11) is 0. The summed E-state index contributed by atoms with van der Waals surface area (Å²) >= 11 is 0. The zero-order valence-electron chi connectivity index (χ0n) is 14.2. The number of rotatable bonds is 3. The molecule has 0 saturated carbocycles. The molecule has 8 nitrogen and oxygen atoms in total. The van der Waals surface area contributed by atoms with Gasteiger partial charge in [-0.25, -0.2) is 4.79 Å². The molecule has 24 heavy (non-hydrogen) atoms. The van der Waals surface area contributed by atoms with Crippen molar-refractivity contribution in [2.75, 3.05) is 13.1 Å². The second kappa shape index (κ2) is 5.92. The maximum absolute atomic E-state index is 12.4. The molecule has 2 aromatic rings. The number of nitrogens with zero attached hydrogens (tertiary/aromatic N) is 6. The lowest BCUT2D eigenvalue weighted by molar-refractivity contribution is 0.206. The standard InChI is InChI=1S/C16H23N7O/c1-11-8-12(2)23(20-11)13-5-7-21(10-13)16(24)17-9-15-19-18-14-4-3-6-22(14)15/h8,13H,3-7,9-10H2,1-2H3,(H,17,24)/t13-/m0/s1. The summed E-state index contributed by atoms with van der Waals surface area (Å²) in [5.41, 5.74) is 2.18.